The molecule has 0 aromatic carbocycles. The number of aromatic nitrogens is 1. The van der Waals surface area contributed by atoms with Crippen LogP contribution in [0.5, 0.6) is 0 Å². The van der Waals surface area contributed by atoms with E-state index in [0.717, 1.165) is 17.8 Å². The van der Waals surface area contributed by atoms with Gasteiger partial charge in [0.1, 0.15) is 5.92 Å². The molecule has 0 saturated heterocycles. The lowest BCUT2D eigenvalue weighted by molar-refractivity contribution is -0.120. The number of H-pyrrole nitrogens is 1. The molecule has 0 bridgehead atoms. The van der Waals surface area contributed by atoms with Crippen molar-refractivity contribution in [2.75, 3.05) is 6.54 Å². The third kappa shape index (κ3) is 3.54. The first-order valence-corrected chi connectivity index (χ1v) is 10.1. The molecule has 0 radical (unpaired) electrons. The molecule has 1 aliphatic carbocycles. The summed E-state index contributed by atoms with van der Waals surface area (Å²) < 4.78 is 0. The number of carbonyl (C=O) groups is 1. The lowest BCUT2D eigenvalue weighted by Crippen LogP contribution is -2.32. The molecule has 148 valence electrons. The Morgan fingerprint density at radius 3 is 2.82 bits per heavy atom. The number of nitrogens with two attached hydrogens (primary N) is 1. The van der Waals surface area contributed by atoms with Crippen LogP contribution in [0.4, 0.5) is 0 Å². The van der Waals surface area contributed by atoms with Gasteiger partial charge in [0.15, 0.2) is 0 Å². The van der Waals surface area contributed by atoms with Crippen molar-refractivity contribution in [3.8, 4) is 0 Å². The Kier molecular flexibility index (Phi) is 5.43. The molecule has 2 aliphatic heterocycles. The van der Waals surface area contributed by atoms with E-state index < -0.39 is 5.92 Å². The average Bonchev–Trinajstić information content (AvgIpc) is 3.26. The number of aromatic amines is 1. The molecule has 1 amide bonds. The summed E-state index contributed by atoms with van der Waals surface area (Å²) in [5, 5.41) is 7.16. The minimum Gasteiger partial charge on any atom is -0.359 e. The molecule has 1 unspecified atom stereocenters. The van der Waals surface area contributed by atoms with Crippen molar-refractivity contribution in [3.63, 3.8) is 0 Å². The quantitative estimate of drug-likeness (QED) is 0.630. The number of nitrogens with one attached hydrogen (secondary N) is 3. The number of hydrogen-bond acceptors (Lipinski definition) is 5. The Morgan fingerprint density at radius 1 is 1.29 bits per heavy atom. The second kappa shape index (κ2) is 8.14. The zero-order valence-electron chi connectivity index (χ0n) is 16.3. The van der Waals surface area contributed by atoms with Crippen LogP contribution in [0.3, 0.4) is 0 Å². The van der Waals surface area contributed by atoms with Crippen LogP contribution < -0.4 is 16.5 Å². The molecule has 4 rings (SSSR count). The second-order valence-electron chi connectivity index (χ2n) is 7.69. The largest absolute Gasteiger partial charge is 0.359 e. The summed E-state index contributed by atoms with van der Waals surface area (Å²) in [5.41, 5.74) is 15.0. The highest BCUT2D eigenvalue weighted by Gasteiger charge is 2.30. The molecule has 5 N–H and O–H groups in total. The average molecular weight is 380 g/mol. The predicted molar refractivity (Wildman–Crippen MR) is 112 cm³/mol. The van der Waals surface area contributed by atoms with Crippen LogP contribution in [0.1, 0.15) is 60.5 Å². The van der Waals surface area contributed by atoms with Gasteiger partial charge in [-0.25, -0.2) is 5.43 Å². The first kappa shape index (κ1) is 18.7. The Bertz CT molecular complexity index is 870. The summed E-state index contributed by atoms with van der Waals surface area (Å²) in [5.74, 6) is -0.0647. The van der Waals surface area contributed by atoms with Gasteiger partial charge in [-0.05, 0) is 55.9 Å². The number of carbonyl (C=O) groups excluding carboxylic acids is 1. The molecule has 1 fully saturated rings. The molecule has 1 saturated carbocycles. The highest BCUT2D eigenvalue weighted by molar-refractivity contribution is 6.24. The second-order valence-corrected chi connectivity index (χ2v) is 7.69. The van der Waals surface area contributed by atoms with Crippen molar-refractivity contribution in [3.05, 3.63) is 40.6 Å². The number of nitrogens with zero attached hydrogens (tertiary/aromatic N) is 2. The van der Waals surface area contributed by atoms with Gasteiger partial charge < -0.3 is 16.0 Å². The van der Waals surface area contributed by atoms with Gasteiger partial charge in [0.25, 0.3) is 5.91 Å². The van der Waals surface area contributed by atoms with Gasteiger partial charge in [0, 0.05) is 30.0 Å². The van der Waals surface area contributed by atoms with E-state index in [9.17, 15) is 4.79 Å². The number of aryl methyl sites for hydroxylation is 1. The van der Waals surface area contributed by atoms with E-state index in [1.807, 2.05) is 0 Å². The monoisotopic (exact) mass is 380 g/mol. The Hall–Kier alpha value is -2.67. The molecule has 1 aromatic heterocycles. The number of hydrogen-bond donors (Lipinski definition) is 4. The zero-order chi connectivity index (χ0) is 19.5. The SMILES string of the molecule is Cc1[nH]c(C=C2NC=CN=C2C2C=NNC2=O)c(C2CCCCC2)c1CCN. The first-order valence-electron chi connectivity index (χ1n) is 10.1. The molecular weight excluding hydrogens is 352 g/mol. The fraction of sp³-hybridized carbons (Fsp3) is 0.476. The highest BCUT2D eigenvalue weighted by atomic mass is 16.2. The standard InChI is InChI=1S/C21H28N6O/c1-13-15(7-8-22)19(14-5-3-2-4-6-14)17(26-13)11-18-20(24-10-9-23-18)16-12-25-27-21(16)28/h9-12,14,16,23,26H,2-8,22H2,1H3,(H,27,28). The molecule has 1 aromatic rings. The molecule has 0 spiro atoms. The van der Waals surface area contributed by atoms with Gasteiger partial charge in [-0.3, -0.25) is 9.79 Å². The highest BCUT2D eigenvalue weighted by Crippen LogP contribution is 2.38. The van der Waals surface area contributed by atoms with Gasteiger partial charge in [-0.1, -0.05) is 19.3 Å². The van der Waals surface area contributed by atoms with E-state index in [1.54, 1.807) is 18.6 Å². The van der Waals surface area contributed by atoms with Crippen LogP contribution in [0.25, 0.3) is 6.08 Å². The summed E-state index contributed by atoms with van der Waals surface area (Å²) in [4.78, 5) is 20.2. The van der Waals surface area contributed by atoms with E-state index in [1.165, 1.54) is 48.9 Å². The minimum absolute atomic E-state index is 0.152. The van der Waals surface area contributed by atoms with E-state index >= 15 is 0 Å². The predicted octanol–water partition coefficient (Wildman–Crippen LogP) is 2.46. The summed E-state index contributed by atoms with van der Waals surface area (Å²) >= 11 is 0. The van der Waals surface area contributed by atoms with Crippen LogP contribution in [0, 0.1) is 12.8 Å². The summed E-state index contributed by atoms with van der Waals surface area (Å²) in [6.45, 7) is 2.76. The van der Waals surface area contributed by atoms with E-state index in [4.69, 9.17) is 5.73 Å². The lowest BCUT2D eigenvalue weighted by Gasteiger charge is -2.24. The molecule has 1 atom stereocenters. The molecule has 3 aliphatic rings. The maximum absolute atomic E-state index is 12.1. The summed E-state index contributed by atoms with van der Waals surface area (Å²) in [7, 11) is 0. The van der Waals surface area contributed by atoms with Crippen molar-refractivity contribution in [1.29, 1.82) is 0 Å². The number of amides is 1. The van der Waals surface area contributed by atoms with Gasteiger partial charge in [0.2, 0.25) is 0 Å². The van der Waals surface area contributed by atoms with Crippen molar-refractivity contribution >= 4 is 23.9 Å². The number of hydrazone groups is 1. The van der Waals surface area contributed by atoms with Crippen molar-refractivity contribution < 1.29 is 4.79 Å². The van der Waals surface area contributed by atoms with Crippen LogP contribution in [0.2, 0.25) is 0 Å². The first-order chi connectivity index (χ1) is 13.7. The van der Waals surface area contributed by atoms with Gasteiger partial charge >= 0.3 is 0 Å². The minimum atomic E-state index is -0.471. The third-order valence-corrected chi connectivity index (χ3v) is 5.86. The summed E-state index contributed by atoms with van der Waals surface area (Å²) in [6, 6.07) is 0. The van der Waals surface area contributed by atoms with E-state index in [-0.39, 0.29) is 5.91 Å². The van der Waals surface area contributed by atoms with Crippen molar-refractivity contribution in [1.82, 2.24) is 15.7 Å². The zero-order valence-corrected chi connectivity index (χ0v) is 16.3. The lowest BCUT2D eigenvalue weighted by atomic mass is 9.81. The van der Waals surface area contributed by atoms with Crippen molar-refractivity contribution in [2.24, 2.45) is 21.7 Å². The summed E-state index contributed by atoms with van der Waals surface area (Å²) in [6.07, 6.45) is 14.4. The van der Waals surface area contributed by atoms with Crippen LogP contribution in [-0.2, 0) is 11.2 Å². The Morgan fingerprint density at radius 2 is 2.11 bits per heavy atom. The Balaban J connectivity index is 1.74. The maximum Gasteiger partial charge on any atom is 0.254 e. The maximum atomic E-state index is 12.1. The molecule has 7 nitrogen and oxygen atoms in total. The fourth-order valence-electron chi connectivity index (χ4n) is 4.55. The Labute approximate surface area is 165 Å². The molecule has 7 heteroatoms. The molecule has 28 heavy (non-hydrogen) atoms. The molecular formula is C21H28N6O. The van der Waals surface area contributed by atoms with Gasteiger partial charge in [-0.2, -0.15) is 5.10 Å². The van der Waals surface area contributed by atoms with Gasteiger partial charge in [0.05, 0.1) is 11.4 Å². The topological polar surface area (TPSA) is 108 Å². The number of allylic oxidation sites excluding steroid dienone is 1. The fourth-order valence-corrected chi connectivity index (χ4v) is 4.55. The number of rotatable bonds is 5. The van der Waals surface area contributed by atoms with Gasteiger partial charge in [-0.15, -0.1) is 0 Å². The third-order valence-electron chi connectivity index (χ3n) is 5.86. The van der Waals surface area contributed by atoms with Crippen LogP contribution >= 0.6 is 0 Å². The number of aliphatic imine (C=N–C) groups is 1. The van der Waals surface area contributed by atoms with Crippen molar-refractivity contribution in [2.45, 2.75) is 51.4 Å². The van der Waals surface area contributed by atoms with Crippen LogP contribution in [-0.4, -0.2) is 29.4 Å². The normalized spacial score (nSPS) is 23.8. The van der Waals surface area contributed by atoms with E-state index in [2.05, 4.69) is 38.8 Å². The van der Waals surface area contributed by atoms with E-state index in [0.29, 0.717) is 18.2 Å². The molecule has 3 heterocycles. The smallest absolute Gasteiger partial charge is 0.254 e. The van der Waals surface area contributed by atoms with Crippen LogP contribution in [0.15, 0.2) is 28.2 Å².